The van der Waals surface area contributed by atoms with Gasteiger partial charge in [0, 0.05) is 48.6 Å². The van der Waals surface area contributed by atoms with Gasteiger partial charge in [0.05, 0.1) is 0 Å². The van der Waals surface area contributed by atoms with Crippen LogP contribution in [0.1, 0.15) is 46.4 Å². The Hall–Kier alpha value is -1.92. The molecule has 0 unspecified atom stereocenters. The van der Waals surface area contributed by atoms with Crippen LogP contribution in [0.3, 0.4) is 0 Å². The Morgan fingerprint density at radius 1 is 1.19 bits per heavy atom. The van der Waals surface area contributed by atoms with E-state index < -0.39 is 0 Å². The van der Waals surface area contributed by atoms with Crippen LogP contribution >= 0.6 is 11.6 Å². The summed E-state index contributed by atoms with van der Waals surface area (Å²) in [5, 5.41) is 7.63. The molecular weight excluding hydrogens is 364 g/mol. The fraction of sp³-hybridized carbons (Fsp3) is 0.550. The molecule has 0 aliphatic rings. The topological polar surface area (TPSA) is 71.3 Å². The van der Waals surface area contributed by atoms with E-state index in [1.54, 1.807) is 12.1 Å². The second kappa shape index (κ2) is 10.4. The summed E-state index contributed by atoms with van der Waals surface area (Å²) in [5.74, 6) is 1.13. The number of benzene rings is 1. The van der Waals surface area contributed by atoms with E-state index >= 15 is 0 Å². The maximum absolute atomic E-state index is 12.0. The largest absolute Gasteiger partial charge is 0.355 e. The number of hydrogen-bond acceptors (Lipinski definition) is 5. The first-order valence-corrected chi connectivity index (χ1v) is 9.85. The molecule has 1 heterocycles. The van der Waals surface area contributed by atoms with Gasteiger partial charge in [-0.1, -0.05) is 16.8 Å². The normalized spacial score (nSPS) is 11.6. The van der Waals surface area contributed by atoms with Gasteiger partial charge >= 0.3 is 0 Å². The summed E-state index contributed by atoms with van der Waals surface area (Å²) in [6.07, 6.45) is 1.70. The number of carbonyl (C=O) groups excluding carboxylic acids is 1. The van der Waals surface area contributed by atoms with Crippen molar-refractivity contribution in [2.45, 2.75) is 59.0 Å². The summed E-state index contributed by atoms with van der Waals surface area (Å²) >= 11 is 5.88. The van der Waals surface area contributed by atoms with Crippen molar-refractivity contribution in [2.24, 2.45) is 0 Å². The summed E-state index contributed by atoms with van der Waals surface area (Å²) in [4.78, 5) is 18.7. The van der Waals surface area contributed by atoms with Gasteiger partial charge in [-0.3, -0.25) is 9.69 Å². The quantitative estimate of drug-likeness (QED) is 0.662. The minimum Gasteiger partial charge on any atom is -0.355 e. The molecule has 1 aromatic heterocycles. The summed E-state index contributed by atoms with van der Waals surface area (Å²) < 4.78 is 5.26. The number of aromatic nitrogens is 2. The van der Waals surface area contributed by atoms with Gasteiger partial charge < -0.3 is 9.84 Å². The Bertz CT molecular complexity index is 705. The fourth-order valence-electron chi connectivity index (χ4n) is 3.00. The number of hydrogen-bond donors (Lipinski definition) is 1. The minimum absolute atomic E-state index is 0.0555. The Kier molecular flexibility index (Phi) is 8.25. The molecule has 2 aromatic rings. The van der Waals surface area contributed by atoms with E-state index in [9.17, 15) is 4.79 Å². The summed E-state index contributed by atoms with van der Waals surface area (Å²) in [6, 6.07) is 8.21. The van der Waals surface area contributed by atoms with Crippen molar-refractivity contribution in [2.75, 3.05) is 13.1 Å². The Balaban J connectivity index is 1.70. The highest BCUT2D eigenvalue weighted by atomic mass is 35.5. The van der Waals surface area contributed by atoms with Crippen LogP contribution in [0.25, 0.3) is 11.4 Å². The van der Waals surface area contributed by atoms with Gasteiger partial charge in [-0.15, -0.1) is 0 Å². The van der Waals surface area contributed by atoms with E-state index in [4.69, 9.17) is 16.1 Å². The molecule has 2 rings (SSSR count). The van der Waals surface area contributed by atoms with Crippen molar-refractivity contribution in [3.63, 3.8) is 0 Å². The summed E-state index contributed by atoms with van der Waals surface area (Å²) in [6.45, 7) is 10.2. The van der Waals surface area contributed by atoms with Crippen molar-refractivity contribution in [1.82, 2.24) is 20.4 Å². The Labute approximate surface area is 166 Å². The molecule has 0 saturated carbocycles. The lowest BCUT2D eigenvalue weighted by Crippen LogP contribution is -2.42. The van der Waals surface area contributed by atoms with Crippen molar-refractivity contribution in [1.29, 1.82) is 0 Å². The van der Waals surface area contributed by atoms with Crippen molar-refractivity contribution in [3.05, 3.63) is 35.2 Å². The first-order chi connectivity index (χ1) is 12.9. The summed E-state index contributed by atoms with van der Waals surface area (Å²) in [5.41, 5.74) is 0.854. The van der Waals surface area contributed by atoms with E-state index in [2.05, 4.69) is 48.1 Å². The summed E-state index contributed by atoms with van der Waals surface area (Å²) in [7, 11) is 0. The number of rotatable bonds is 10. The average molecular weight is 393 g/mol. The molecule has 0 radical (unpaired) electrons. The van der Waals surface area contributed by atoms with Crippen molar-refractivity contribution < 1.29 is 9.32 Å². The number of halogens is 1. The van der Waals surface area contributed by atoms with E-state index in [1.165, 1.54) is 0 Å². The van der Waals surface area contributed by atoms with Gasteiger partial charge in [0.1, 0.15) is 0 Å². The molecule has 6 nitrogen and oxygen atoms in total. The molecule has 1 N–H and O–H groups in total. The third-order valence-electron chi connectivity index (χ3n) is 4.38. The predicted octanol–water partition coefficient (Wildman–Crippen LogP) is 3.95. The number of nitrogens with zero attached hydrogens (tertiary/aromatic N) is 3. The van der Waals surface area contributed by atoms with Crippen LogP contribution in [0, 0.1) is 0 Å². The second-order valence-electron chi connectivity index (χ2n) is 7.15. The molecule has 0 aliphatic carbocycles. The zero-order chi connectivity index (χ0) is 19.8. The average Bonchev–Trinajstić information content (AvgIpc) is 3.07. The molecule has 148 valence electrons. The molecule has 0 spiro atoms. The molecule has 0 fully saturated rings. The van der Waals surface area contributed by atoms with Gasteiger partial charge in [0.15, 0.2) is 0 Å². The van der Waals surface area contributed by atoms with Crippen LogP contribution in [-0.4, -0.2) is 46.1 Å². The standard InChI is InChI=1S/C20H29ClN4O2/c1-14(2)25(15(3)4)13-12-22-18(26)6-5-7-19-23-20(24-27-19)16-8-10-17(21)11-9-16/h8-11,14-15H,5-7,12-13H2,1-4H3,(H,22,26). The maximum atomic E-state index is 12.0. The molecule has 0 aliphatic heterocycles. The smallest absolute Gasteiger partial charge is 0.226 e. The predicted molar refractivity (Wildman–Crippen MR) is 108 cm³/mol. The van der Waals surface area contributed by atoms with Crippen LogP contribution < -0.4 is 5.32 Å². The highest BCUT2D eigenvalue weighted by Gasteiger charge is 2.13. The van der Waals surface area contributed by atoms with E-state index in [0.717, 1.165) is 12.1 Å². The zero-order valence-corrected chi connectivity index (χ0v) is 17.3. The van der Waals surface area contributed by atoms with Gasteiger partial charge in [-0.2, -0.15) is 4.98 Å². The SMILES string of the molecule is CC(C)N(CCNC(=O)CCCc1nc(-c2ccc(Cl)cc2)no1)C(C)C. The molecule has 1 aromatic carbocycles. The lowest BCUT2D eigenvalue weighted by Gasteiger charge is -2.30. The lowest BCUT2D eigenvalue weighted by atomic mass is 10.2. The highest BCUT2D eigenvalue weighted by molar-refractivity contribution is 6.30. The molecule has 27 heavy (non-hydrogen) atoms. The van der Waals surface area contributed by atoms with Gasteiger partial charge in [-0.05, 0) is 58.4 Å². The number of nitrogens with one attached hydrogen (secondary N) is 1. The van der Waals surface area contributed by atoms with Crippen LogP contribution in [0.5, 0.6) is 0 Å². The molecular formula is C20H29ClN4O2. The van der Waals surface area contributed by atoms with E-state index in [-0.39, 0.29) is 5.91 Å². The van der Waals surface area contributed by atoms with Crippen LogP contribution in [-0.2, 0) is 11.2 Å². The van der Waals surface area contributed by atoms with E-state index in [1.807, 2.05) is 12.1 Å². The van der Waals surface area contributed by atoms with Crippen molar-refractivity contribution in [3.8, 4) is 11.4 Å². The number of carbonyl (C=O) groups is 1. The lowest BCUT2D eigenvalue weighted by molar-refractivity contribution is -0.121. The van der Waals surface area contributed by atoms with Crippen LogP contribution in [0.4, 0.5) is 0 Å². The third-order valence-corrected chi connectivity index (χ3v) is 4.64. The monoisotopic (exact) mass is 392 g/mol. The molecule has 0 bridgehead atoms. The van der Waals surface area contributed by atoms with Crippen LogP contribution in [0.2, 0.25) is 5.02 Å². The number of amides is 1. The fourth-order valence-corrected chi connectivity index (χ4v) is 3.12. The molecule has 7 heteroatoms. The maximum Gasteiger partial charge on any atom is 0.226 e. The number of aryl methyl sites for hydroxylation is 1. The van der Waals surface area contributed by atoms with Gasteiger partial charge in [0.2, 0.25) is 17.6 Å². The molecule has 1 amide bonds. The van der Waals surface area contributed by atoms with E-state index in [0.29, 0.717) is 54.6 Å². The minimum atomic E-state index is 0.0555. The first kappa shape index (κ1) is 21.4. The van der Waals surface area contributed by atoms with Crippen LogP contribution in [0.15, 0.2) is 28.8 Å². The first-order valence-electron chi connectivity index (χ1n) is 9.47. The Morgan fingerprint density at radius 2 is 1.85 bits per heavy atom. The zero-order valence-electron chi connectivity index (χ0n) is 16.5. The van der Waals surface area contributed by atoms with Gasteiger partial charge in [0.25, 0.3) is 0 Å². The third kappa shape index (κ3) is 6.96. The van der Waals surface area contributed by atoms with Gasteiger partial charge in [-0.25, -0.2) is 0 Å². The highest BCUT2D eigenvalue weighted by Crippen LogP contribution is 2.19. The van der Waals surface area contributed by atoms with Crippen molar-refractivity contribution >= 4 is 17.5 Å². The Morgan fingerprint density at radius 3 is 2.48 bits per heavy atom. The second-order valence-corrected chi connectivity index (χ2v) is 7.58. The molecule has 0 saturated heterocycles. The molecule has 0 atom stereocenters.